The van der Waals surface area contributed by atoms with E-state index in [1.165, 1.54) is 0 Å². The summed E-state index contributed by atoms with van der Waals surface area (Å²) in [5, 5.41) is 4.89. The van der Waals surface area contributed by atoms with E-state index in [9.17, 15) is 4.79 Å². The zero-order valence-corrected chi connectivity index (χ0v) is 12.9. The van der Waals surface area contributed by atoms with Crippen molar-refractivity contribution in [2.45, 2.75) is 18.9 Å². The van der Waals surface area contributed by atoms with Crippen molar-refractivity contribution in [3.63, 3.8) is 0 Å². The van der Waals surface area contributed by atoms with Crippen LogP contribution in [0.15, 0.2) is 47.8 Å². The molecule has 0 radical (unpaired) electrons. The molecule has 1 amide bonds. The number of nitrogens with one attached hydrogen (secondary N) is 1. The van der Waals surface area contributed by atoms with Crippen molar-refractivity contribution in [1.82, 2.24) is 5.32 Å². The van der Waals surface area contributed by atoms with E-state index in [0.29, 0.717) is 6.54 Å². The van der Waals surface area contributed by atoms with Crippen molar-refractivity contribution in [3.8, 4) is 0 Å². The summed E-state index contributed by atoms with van der Waals surface area (Å²) in [6.45, 7) is 2.37. The Balaban J connectivity index is 0.00000200. The van der Waals surface area contributed by atoms with Crippen LogP contribution < -0.4 is 11.1 Å². The second-order valence-electron chi connectivity index (χ2n) is 4.50. The molecule has 5 heteroatoms. The molecular weight excluding hydrogens is 292 g/mol. The summed E-state index contributed by atoms with van der Waals surface area (Å²) < 4.78 is 0. The second-order valence-corrected chi connectivity index (χ2v) is 5.48. The number of hydrogen-bond acceptors (Lipinski definition) is 3. The molecule has 0 aliphatic carbocycles. The molecular formula is C15H19ClN2OS. The molecule has 0 aliphatic heterocycles. The minimum absolute atomic E-state index is 0. The smallest absolute Gasteiger partial charge is 0.228 e. The van der Waals surface area contributed by atoms with Gasteiger partial charge in [-0.1, -0.05) is 36.4 Å². The van der Waals surface area contributed by atoms with Crippen molar-refractivity contribution in [2.24, 2.45) is 5.73 Å². The van der Waals surface area contributed by atoms with Crippen LogP contribution in [0.25, 0.3) is 0 Å². The quantitative estimate of drug-likeness (QED) is 0.891. The Morgan fingerprint density at radius 1 is 1.25 bits per heavy atom. The van der Waals surface area contributed by atoms with Crippen LogP contribution in [0, 0.1) is 0 Å². The van der Waals surface area contributed by atoms with Gasteiger partial charge in [-0.15, -0.1) is 23.7 Å². The van der Waals surface area contributed by atoms with Crippen LogP contribution in [0.5, 0.6) is 0 Å². The maximum atomic E-state index is 12.0. The fraction of sp³-hybridized carbons (Fsp3) is 0.267. The van der Waals surface area contributed by atoms with Gasteiger partial charge in [0.15, 0.2) is 0 Å². The Morgan fingerprint density at radius 2 is 1.95 bits per heavy atom. The lowest BCUT2D eigenvalue weighted by Crippen LogP contribution is -2.34. The molecule has 2 aromatic rings. The van der Waals surface area contributed by atoms with E-state index in [4.69, 9.17) is 5.73 Å². The number of nitrogens with two attached hydrogens (primary N) is 1. The van der Waals surface area contributed by atoms with E-state index in [2.05, 4.69) is 5.32 Å². The molecule has 2 rings (SSSR count). The first-order valence-corrected chi connectivity index (χ1v) is 7.18. The third kappa shape index (κ3) is 4.34. The Morgan fingerprint density at radius 3 is 2.55 bits per heavy atom. The lowest BCUT2D eigenvalue weighted by Gasteiger charge is -2.15. The highest BCUT2D eigenvalue weighted by molar-refractivity contribution is 7.10. The number of thiophene rings is 1. The molecule has 0 bridgehead atoms. The molecule has 1 heterocycles. The Kier molecular flexibility index (Phi) is 6.71. The van der Waals surface area contributed by atoms with Crippen LogP contribution in [-0.4, -0.2) is 12.5 Å². The SMILES string of the molecule is CC(C(=O)NCC(N)c1ccccc1)c1cccs1.Cl. The van der Waals surface area contributed by atoms with Gasteiger partial charge in [0.2, 0.25) is 5.91 Å². The van der Waals surface area contributed by atoms with Crippen molar-refractivity contribution in [2.75, 3.05) is 6.54 Å². The molecule has 1 aromatic heterocycles. The largest absolute Gasteiger partial charge is 0.354 e. The highest BCUT2D eigenvalue weighted by Gasteiger charge is 2.16. The Hall–Kier alpha value is -1.36. The number of rotatable bonds is 5. The molecule has 108 valence electrons. The fourth-order valence-electron chi connectivity index (χ4n) is 1.85. The number of hydrogen-bond donors (Lipinski definition) is 2. The van der Waals surface area contributed by atoms with Crippen LogP contribution in [0.4, 0.5) is 0 Å². The third-order valence-electron chi connectivity index (χ3n) is 3.09. The molecule has 1 aromatic carbocycles. The van der Waals surface area contributed by atoms with Gasteiger partial charge in [-0.2, -0.15) is 0 Å². The number of carbonyl (C=O) groups is 1. The van der Waals surface area contributed by atoms with Gasteiger partial charge < -0.3 is 11.1 Å². The molecule has 0 fully saturated rings. The first kappa shape index (κ1) is 16.7. The molecule has 3 nitrogen and oxygen atoms in total. The van der Waals surface area contributed by atoms with Gasteiger partial charge in [0.25, 0.3) is 0 Å². The van der Waals surface area contributed by atoms with Crippen molar-refractivity contribution >= 4 is 29.7 Å². The van der Waals surface area contributed by atoms with Gasteiger partial charge in [-0.3, -0.25) is 4.79 Å². The van der Waals surface area contributed by atoms with Gasteiger partial charge in [-0.05, 0) is 23.9 Å². The van der Waals surface area contributed by atoms with Crippen molar-refractivity contribution < 1.29 is 4.79 Å². The maximum Gasteiger partial charge on any atom is 0.228 e. The van der Waals surface area contributed by atoms with E-state index in [0.717, 1.165) is 10.4 Å². The maximum absolute atomic E-state index is 12.0. The predicted molar refractivity (Wildman–Crippen MR) is 86.4 cm³/mol. The summed E-state index contributed by atoms with van der Waals surface area (Å²) >= 11 is 1.60. The van der Waals surface area contributed by atoms with Crippen LogP contribution in [0.1, 0.15) is 29.3 Å². The summed E-state index contributed by atoms with van der Waals surface area (Å²) in [4.78, 5) is 13.1. The summed E-state index contributed by atoms with van der Waals surface area (Å²) in [7, 11) is 0. The van der Waals surface area contributed by atoms with E-state index in [1.807, 2.05) is 54.8 Å². The van der Waals surface area contributed by atoms with Gasteiger partial charge in [0, 0.05) is 17.5 Å². The normalized spacial score (nSPS) is 13.1. The summed E-state index contributed by atoms with van der Waals surface area (Å²) in [5.74, 6) is -0.100. The fourth-order valence-corrected chi connectivity index (χ4v) is 2.63. The summed E-state index contributed by atoms with van der Waals surface area (Å²) in [6, 6.07) is 13.6. The van der Waals surface area contributed by atoms with E-state index >= 15 is 0 Å². The van der Waals surface area contributed by atoms with Crippen LogP contribution >= 0.6 is 23.7 Å². The molecule has 0 aliphatic rings. The molecule has 0 saturated heterocycles. The van der Waals surface area contributed by atoms with Crippen LogP contribution in [-0.2, 0) is 4.79 Å². The summed E-state index contributed by atoms with van der Waals surface area (Å²) in [6.07, 6.45) is 0. The topological polar surface area (TPSA) is 55.1 Å². The predicted octanol–water partition coefficient (Wildman–Crippen LogP) is 3.09. The van der Waals surface area contributed by atoms with Crippen LogP contribution in [0.2, 0.25) is 0 Å². The van der Waals surface area contributed by atoms with E-state index < -0.39 is 0 Å². The molecule has 0 spiro atoms. The third-order valence-corrected chi connectivity index (χ3v) is 4.14. The molecule has 3 N–H and O–H groups in total. The number of amides is 1. The first-order chi connectivity index (χ1) is 9.18. The first-order valence-electron chi connectivity index (χ1n) is 6.30. The van der Waals surface area contributed by atoms with Crippen molar-refractivity contribution in [1.29, 1.82) is 0 Å². The second kappa shape index (κ2) is 8.04. The minimum Gasteiger partial charge on any atom is -0.354 e. The average molecular weight is 311 g/mol. The van der Waals surface area contributed by atoms with Crippen molar-refractivity contribution in [3.05, 3.63) is 58.3 Å². The van der Waals surface area contributed by atoms with E-state index in [-0.39, 0.29) is 30.3 Å². The molecule has 2 atom stereocenters. The number of benzene rings is 1. The summed E-state index contributed by atoms with van der Waals surface area (Å²) in [5.41, 5.74) is 7.08. The zero-order chi connectivity index (χ0) is 13.7. The minimum atomic E-state index is -0.166. The van der Waals surface area contributed by atoms with Gasteiger partial charge in [0.05, 0.1) is 5.92 Å². The Labute approximate surface area is 129 Å². The van der Waals surface area contributed by atoms with Gasteiger partial charge in [-0.25, -0.2) is 0 Å². The number of halogens is 1. The highest BCUT2D eigenvalue weighted by atomic mass is 35.5. The molecule has 20 heavy (non-hydrogen) atoms. The molecule has 2 unspecified atom stereocenters. The van der Waals surface area contributed by atoms with Gasteiger partial charge >= 0.3 is 0 Å². The zero-order valence-electron chi connectivity index (χ0n) is 11.3. The monoisotopic (exact) mass is 310 g/mol. The van der Waals surface area contributed by atoms with Crippen LogP contribution in [0.3, 0.4) is 0 Å². The van der Waals surface area contributed by atoms with Gasteiger partial charge in [0.1, 0.15) is 0 Å². The van der Waals surface area contributed by atoms with E-state index in [1.54, 1.807) is 11.3 Å². The lowest BCUT2D eigenvalue weighted by molar-refractivity contribution is -0.122. The highest BCUT2D eigenvalue weighted by Crippen LogP contribution is 2.20. The standard InChI is InChI=1S/C15H18N2OS.ClH/c1-11(14-8-5-9-19-14)15(18)17-10-13(16)12-6-3-2-4-7-12;/h2-9,11,13H,10,16H2,1H3,(H,17,18);1H. The lowest BCUT2D eigenvalue weighted by atomic mass is 10.1. The average Bonchev–Trinajstić information content (AvgIpc) is 2.98. The number of carbonyl (C=O) groups excluding carboxylic acids is 1. The molecule has 0 saturated carbocycles. The Bertz CT molecular complexity index is 516.